The number of hydrogen-bond donors (Lipinski definition) is 17. The maximum absolute atomic E-state index is 14.8. The fourth-order valence-electron chi connectivity index (χ4n) is 10.6. The van der Waals surface area contributed by atoms with Gasteiger partial charge >= 0.3 is 11.9 Å². The van der Waals surface area contributed by atoms with Crippen LogP contribution in [-0.4, -0.2) is 243 Å². The number of esters is 2. The summed E-state index contributed by atoms with van der Waals surface area (Å²) in [6.07, 6.45) is -17.1. The van der Waals surface area contributed by atoms with Crippen LogP contribution in [0.5, 0.6) is 0 Å². The van der Waals surface area contributed by atoms with Crippen molar-refractivity contribution in [3.8, 4) is 0 Å². The standard InChI is InChI=1S/C66H94N10O24/c1-30(2)23-40-64(95)96-34(9)51(73-44(80)21-19-36-17-13-14-18-37(36)20-22-47(83)99-66-57(55(87)53(85)42(29-78)98-66)100-65-56(88)54(86)52(84)41(28-77)97-65)63(94)71-39(25-43(67)79)59(90)76-50(33(7)8)62(93)70-38(24-35-15-11-10-12-16-35)58(89)75-48(31(3)4)60(91)69-26-45(81)68-27-46(82)74-49(32(5)6)61(92)72-40/h10-22,30-34,38-42,48-57,65-66,77-78,84-88H,23-29H2,1-9H3,(H2,67,79)(H,68,81)(H,69,91)(H,70,93)(H,71,94)(H,72,92)(H,73,80)(H,74,82)(H,75,89)(H,76,90)/b21-19+,22-20+/t34-,38+,39-,40+,41-,42-,48-,49-,50-,51-,52-,53-,54?,55+,56-,57-,65+,66+/m1/s1. The summed E-state index contributed by atoms with van der Waals surface area (Å²) in [4.78, 5) is 167. The van der Waals surface area contributed by atoms with Crippen molar-refractivity contribution >= 4 is 83.2 Å². The number of aliphatic hydroxyl groups is 7. The van der Waals surface area contributed by atoms with Crippen LogP contribution in [0, 0.1) is 23.7 Å². The number of benzene rings is 2. The van der Waals surface area contributed by atoms with Gasteiger partial charge in [0.15, 0.2) is 12.4 Å². The van der Waals surface area contributed by atoms with Crippen molar-refractivity contribution in [1.29, 1.82) is 0 Å². The lowest BCUT2D eigenvalue weighted by molar-refractivity contribution is -0.362. The molecule has 34 nitrogen and oxygen atoms in total. The van der Waals surface area contributed by atoms with Crippen molar-refractivity contribution in [2.24, 2.45) is 29.4 Å². The van der Waals surface area contributed by atoms with Gasteiger partial charge in [0.2, 0.25) is 65.4 Å². The Labute approximate surface area is 576 Å². The van der Waals surface area contributed by atoms with Crippen LogP contribution < -0.4 is 53.6 Å². The van der Waals surface area contributed by atoms with E-state index >= 15 is 0 Å². The van der Waals surface area contributed by atoms with E-state index < -0.39 is 231 Å². The number of aliphatic hydroxyl groups excluding tert-OH is 7. The predicted octanol–water partition coefficient (Wildman–Crippen LogP) is -5.42. The van der Waals surface area contributed by atoms with Crippen molar-refractivity contribution in [3.05, 3.63) is 83.4 Å². The zero-order valence-electron chi connectivity index (χ0n) is 56.8. The molecular weight excluding hydrogens is 1320 g/mol. The van der Waals surface area contributed by atoms with E-state index in [9.17, 15) is 93.3 Å². The summed E-state index contributed by atoms with van der Waals surface area (Å²) in [5.41, 5.74) is 6.61. The number of hydrogen-bond acceptors (Lipinski definition) is 24. The van der Waals surface area contributed by atoms with Crippen LogP contribution in [-0.2, 0) is 87.6 Å². The maximum Gasteiger partial charge on any atom is 0.333 e. The third kappa shape index (κ3) is 23.9. The number of ether oxygens (including phenoxy) is 5. The highest BCUT2D eigenvalue weighted by Gasteiger charge is 2.52. The van der Waals surface area contributed by atoms with Gasteiger partial charge in [-0.3, -0.25) is 47.9 Å². The SMILES string of the molecule is CC(C)C[C@@H]1NC(=O)[C@@H](C(C)C)NC(=O)CNC(=O)CNC(=O)[C@@H](C(C)C)NC(=O)[C@H](Cc2ccccc2)NC(=O)[C@@H](C(C)C)NC(=O)[C@@H](CC(N)=O)NC(=O)[C@H](NC(=O)/C=C/c2ccccc2/C=C/C(=O)O[C@@H]2O[C@H](CO)[C@@H](O)[C@H](O)[C@H]2O[C@@H]2O[C@H](CO)[C@@H](O)C(O)[C@H]2O)[C@@H](C)OC1=O. The van der Waals surface area contributed by atoms with Crippen LogP contribution in [0.25, 0.3) is 12.2 Å². The van der Waals surface area contributed by atoms with Crippen LogP contribution in [0.3, 0.4) is 0 Å². The molecule has 3 saturated heterocycles. The molecule has 0 radical (unpaired) electrons. The highest BCUT2D eigenvalue weighted by molar-refractivity contribution is 6.00. The molecule has 552 valence electrons. The average Bonchev–Trinajstić information content (AvgIpc) is 0.786. The molecule has 0 bridgehead atoms. The van der Waals surface area contributed by atoms with Crippen molar-refractivity contribution in [1.82, 2.24) is 47.9 Å². The second-order valence-corrected chi connectivity index (χ2v) is 25.8. The number of nitrogens with two attached hydrogens (primary N) is 1. The molecule has 18 atom stereocenters. The molecule has 1 unspecified atom stereocenters. The van der Waals surface area contributed by atoms with Gasteiger partial charge in [0, 0.05) is 18.6 Å². The summed E-state index contributed by atoms with van der Waals surface area (Å²) in [6, 6.07) is 3.44. The molecule has 3 aliphatic rings. The molecule has 10 amide bonds. The molecule has 18 N–H and O–H groups in total. The Hall–Kier alpha value is -8.84. The minimum atomic E-state index is -2.01. The van der Waals surface area contributed by atoms with Gasteiger partial charge in [0.1, 0.15) is 91.1 Å². The molecule has 3 fully saturated rings. The Morgan fingerprint density at radius 2 is 1.07 bits per heavy atom. The van der Waals surface area contributed by atoms with Crippen LogP contribution in [0.4, 0.5) is 0 Å². The lowest BCUT2D eigenvalue weighted by Crippen LogP contribution is -2.64. The lowest BCUT2D eigenvalue weighted by Gasteiger charge is -2.45. The summed E-state index contributed by atoms with van der Waals surface area (Å²) < 4.78 is 27.8. The van der Waals surface area contributed by atoms with Crippen molar-refractivity contribution < 1.29 is 117 Å². The van der Waals surface area contributed by atoms with Crippen LogP contribution in [0.1, 0.15) is 91.8 Å². The van der Waals surface area contributed by atoms with E-state index in [1.54, 1.807) is 71.9 Å². The molecule has 2 aromatic rings. The van der Waals surface area contributed by atoms with Gasteiger partial charge in [0.25, 0.3) is 0 Å². The third-order valence-corrected chi connectivity index (χ3v) is 16.2. The van der Waals surface area contributed by atoms with Crippen LogP contribution in [0.2, 0.25) is 0 Å². The fourth-order valence-corrected chi connectivity index (χ4v) is 10.6. The first kappa shape index (κ1) is 81.8. The zero-order chi connectivity index (χ0) is 74.4. The van der Waals surface area contributed by atoms with Gasteiger partial charge < -0.3 is 113 Å². The molecule has 34 heteroatoms. The fraction of sp³-hybridized carbons (Fsp3) is 0.576. The van der Waals surface area contributed by atoms with E-state index in [0.29, 0.717) is 5.56 Å². The van der Waals surface area contributed by atoms with Crippen molar-refractivity contribution in [3.63, 3.8) is 0 Å². The minimum Gasteiger partial charge on any atom is -0.458 e. The number of rotatable bonds is 19. The lowest BCUT2D eigenvalue weighted by atomic mass is 9.97. The van der Waals surface area contributed by atoms with Gasteiger partial charge in [-0.1, -0.05) is 110 Å². The molecule has 5 rings (SSSR count). The second kappa shape index (κ2) is 38.7. The van der Waals surface area contributed by atoms with Gasteiger partial charge in [0.05, 0.1) is 32.7 Å². The first-order valence-corrected chi connectivity index (χ1v) is 32.6. The Kier molecular flexibility index (Phi) is 31.6. The number of carbonyl (C=O) groups excluding carboxylic acids is 12. The Morgan fingerprint density at radius 1 is 0.570 bits per heavy atom. The van der Waals surface area contributed by atoms with E-state index in [2.05, 4.69) is 47.9 Å². The third-order valence-electron chi connectivity index (χ3n) is 16.2. The smallest absolute Gasteiger partial charge is 0.333 e. The second-order valence-electron chi connectivity index (χ2n) is 25.8. The van der Waals surface area contributed by atoms with Crippen molar-refractivity contribution in [2.75, 3.05) is 26.3 Å². The highest BCUT2D eigenvalue weighted by Crippen LogP contribution is 2.30. The number of primary amides is 1. The van der Waals surface area contributed by atoms with E-state index in [1.807, 2.05) is 0 Å². The van der Waals surface area contributed by atoms with E-state index in [0.717, 1.165) is 12.2 Å². The van der Waals surface area contributed by atoms with Crippen LogP contribution >= 0.6 is 0 Å². The summed E-state index contributed by atoms with van der Waals surface area (Å²) in [7, 11) is 0. The van der Waals surface area contributed by atoms with Crippen LogP contribution in [0.15, 0.2) is 66.7 Å². The maximum atomic E-state index is 14.8. The molecule has 2 aromatic carbocycles. The normalized spacial score (nSPS) is 30.2. The molecule has 3 aliphatic heterocycles. The largest absolute Gasteiger partial charge is 0.458 e. The molecule has 100 heavy (non-hydrogen) atoms. The Balaban J connectivity index is 1.50. The number of nitrogens with one attached hydrogen (secondary N) is 9. The first-order valence-electron chi connectivity index (χ1n) is 32.6. The van der Waals surface area contributed by atoms with E-state index in [-0.39, 0.29) is 29.9 Å². The van der Waals surface area contributed by atoms with Crippen molar-refractivity contribution in [2.45, 2.75) is 191 Å². The molecular formula is C66H94N10O24. The topological polar surface area (TPSA) is 527 Å². The van der Waals surface area contributed by atoms with E-state index in [1.165, 1.54) is 57.2 Å². The Morgan fingerprint density at radius 3 is 1.63 bits per heavy atom. The number of cyclic esters (lactones) is 1. The monoisotopic (exact) mass is 1410 g/mol. The van der Waals surface area contributed by atoms with Gasteiger partial charge in [-0.2, -0.15) is 0 Å². The summed E-state index contributed by atoms with van der Waals surface area (Å²) >= 11 is 0. The van der Waals surface area contributed by atoms with Gasteiger partial charge in [-0.25, -0.2) is 9.59 Å². The average molecular weight is 1410 g/mol. The molecule has 0 aromatic heterocycles. The predicted molar refractivity (Wildman–Crippen MR) is 350 cm³/mol. The number of amides is 10. The van der Waals surface area contributed by atoms with Gasteiger partial charge in [-0.15, -0.1) is 0 Å². The van der Waals surface area contributed by atoms with Gasteiger partial charge in [-0.05, 0) is 65.9 Å². The minimum absolute atomic E-state index is 0.0958. The molecule has 0 aliphatic carbocycles. The first-order chi connectivity index (χ1) is 47.1. The molecule has 0 spiro atoms. The zero-order valence-corrected chi connectivity index (χ0v) is 56.8. The quantitative estimate of drug-likeness (QED) is 0.0461. The molecule has 0 saturated carbocycles. The summed E-state index contributed by atoms with van der Waals surface area (Å²) in [6.45, 7) is 10.9. The summed E-state index contributed by atoms with van der Waals surface area (Å²) in [5.74, 6) is -14.6. The number of carbonyl (C=O) groups is 12. The molecule has 3 heterocycles. The summed E-state index contributed by atoms with van der Waals surface area (Å²) in [5, 5.41) is 95.0. The Bertz CT molecular complexity index is 3240. The highest BCUT2D eigenvalue weighted by atomic mass is 16.8. The van der Waals surface area contributed by atoms with E-state index in [4.69, 9.17) is 29.4 Å².